The van der Waals surface area contributed by atoms with Crippen molar-refractivity contribution in [1.82, 2.24) is 20.9 Å². The maximum atomic E-state index is 11.9. The lowest BCUT2D eigenvalue weighted by molar-refractivity contribution is -0.146. The highest BCUT2D eigenvalue weighted by Gasteiger charge is 2.32. The SMILES string of the molecule is COc1cc(-c2cccc(-c3cccc(COc4cc(OCc5cncc(C#N)c5)c(CN[C@@](C)(CO)C(=O)O)cc4Cl)c3C)c2C)ccc1CNCC1CCC(=O)N1. The van der Waals surface area contributed by atoms with Crippen LogP contribution >= 0.6 is 11.6 Å². The molecule has 12 nitrogen and oxygen atoms in total. The van der Waals surface area contributed by atoms with Gasteiger partial charge < -0.3 is 35.1 Å². The first-order chi connectivity index (χ1) is 28.4. The number of carbonyl (C=O) groups excluding carboxylic acids is 1. The van der Waals surface area contributed by atoms with Gasteiger partial charge in [-0.3, -0.25) is 19.9 Å². The monoisotopic (exact) mass is 817 g/mol. The number of halogens is 1. The van der Waals surface area contributed by atoms with Gasteiger partial charge in [-0.05, 0) is 84.3 Å². The smallest absolute Gasteiger partial charge is 0.326 e. The summed E-state index contributed by atoms with van der Waals surface area (Å²) in [4.78, 5) is 27.6. The van der Waals surface area contributed by atoms with E-state index in [1.807, 2.05) is 12.1 Å². The molecule has 1 saturated heterocycles. The van der Waals surface area contributed by atoms with Gasteiger partial charge >= 0.3 is 5.97 Å². The van der Waals surface area contributed by atoms with Crippen molar-refractivity contribution in [3.05, 3.63) is 129 Å². The van der Waals surface area contributed by atoms with Gasteiger partial charge in [-0.15, -0.1) is 0 Å². The molecule has 0 bridgehead atoms. The Morgan fingerprint density at radius 2 is 1.68 bits per heavy atom. The maximum Gasteiger partial charge on any atom is 0.326 e. The Morgan fingerprint density at radius 1 is 0.932 bits per heavy atom. The molecule has 4 aromatic carbocycles. The Hall–Kier alpha value is -5.97. The standard InChI is InChI=1S/C46H48ClN5O7/c1-28-34(26-59-43-18-42(58-25-31-15-30(19-48)20-49-21-31)35(16-40(43)47)23-51-46(3,27-53)45(55)56)7-5-9-38(28)39-10-6-8-37(29(39)2)32-11-12-33(41(17-32)57-4)22-50-24-36-13-14-44(54)52-36/h5-12,15-18,20-21,36,50-51,53H,13-14,22-27H2,1-4H3,(H,52,54)(H,55,56)/t36?,46-/m0/s1. The van der Waals surface area contributed by atoms with Gasteiger partial charge in [-0.25, -0.2) is 0 Å². The van der Waals surface area contributed by atoms with Gasteiger partial charge in [0.05, 0.1) is 24.3 Å². The van der Waals surface area contributed by atoms with Gasteiger partial charge in [-0.2, -0.15) is 5.26 Å². The molecule has 0 radical (unpaired) electrons. The summed E-state index contributed by atoms with van der Waals surface area (Å²) in [5, 5.41) is 38.4. The number of pyridine rings is 1. The van der Waals surface area contributed by atoms with E-state index in [1.165, 1.54) is 13.1 Å². The number of aliphatic carboxylic acids is 1. The van der Waals surface area contributed by atoms with Crippen LogP contribution in [0.2, 0.25) is 5.02 Å². The van der Waals surface area contributed by atoms with E-state index in [2.05, 4.69) is 83.3 Å². The van der Waals surface area contributed by atoms with Gasteiger partial charge in [0.1, 0.15) is 42.1 Å². The predicted octanol–water partition coefficient (Wildman–Crippen LogP) is 7.02. The van der Waals surface area contributed by atoms with E-state index in [9.17, 15) is 25.1 Å². The fourth-order valence-corrected chi connectivity index (χ4v) is 7.27. The molecule has 0 aliphatic carbocycles. The number of nitrogens with one attached hydrogen (secondary N) is 3. The normalized spacial score (nSPS) is 14.6. The molecule has 59 heavy (non-hydrogen) atoms. The Labute approximate surface area is 349 Å². The molecular weight excluding hydrogens is 770 g/mol. The molecule has 6 rings (SSSR count). The number of ether oxygens (including phenoxy) is 3. The molecule has 1 fully saturated rings. The number of carbonyl (C=O) groups is 2. The Bertz CT molecular complexity index is 2380. The lowest BCUT2D eigenvalue weighted by atomic mass is 9.89. The third-order valence-electron chi connectivity index (χ3n) is 10.7. The Balaban J connectivity index is 1.21. The van der Waals surface area contributed by atoms with E-state index in [1.54, 1.807) is 31.5 Å². The molecule has 1 aliphatic heterocycles. The number of hydrogen-bond acceptors (Lipinski definition) is 10. The van der Waals surface area contributed by atoms with Gasteiger partial charge in [0, 0.05) is 67.2 Å². The fraction of sp³-hybridized carbons (Fsp3) is 0.304. The van der Waals surface area contributed by atoms with Crippen LogP contribution < -0.4 is 30.2 Å². The highest BCUT2D eigenvalue weighted by molar-refractivity contribution is 6.32. The number of aromatic nitrogens is 1. The first kappa shape index (κ1) is 42.6. The average molecular weight is 818 g/mol. The summed E-state index contributed by atoms with van der Waals surface area (Å²) < 4.78 is 18.4. The van der Waals surface area contributed by atoms with Crippen LogP contribution in [-0.4, -0.2) is 58.9 Å². The number of rotatable bonds is 18. The number of amides is 1. The van der Waals surface area contributed by atoms with Crippen molar-refractivity contribution in [2.75, 3.05) is 20.3 Å². The number of hydrogen-bond donors (Lipinski definition) is 5. The van der Waals surface area contributed by atoms with Crippen molar-refractivity contribution in [2.24, 2.45) is 0 Å². The third-order valence-corrected chi connectivity index (χ3v) is 11.0. The summed E-state index contributed by atoms with van der Waals surface area (Å²) >= 11 is 6.78. The molecule has 1 aromatic heterocycles. The van der Waals surface area contributed by atoms with Gasteiger partial charge in [0.15, 0.2) is 0 Å². The fourth-order valence-electron chi connectivity index (χ4n) is 7.03. The summed E-state index contributed by atoms with van der Waals surface area (Å²) in [6.45, 7) is 6.56. The topological polar surface area (TPSA) is 175 Å². The van der Waals surface area contributed by atoms with Crippen molar-refractivity contribution in [2.45, 2.75) is 71.5 Å². The molecule has 5 N–H and O–H groups in total. The van der Waals surface area contributed by atoms with E-state index in [0.29, 0.717) is 52.7 Å². The summed E-state index contributed by atoms with van der Waals surface area (Å²) in [6.07, 6.45) is 4.48. The van der Waals surface area contributed by atoms with E-state index >= 15 is 0 Å². The van der Waals surface area contributed by atoms with Crippen LogP contribution in [0.4, 0.5) is 0 Å². The number of methoxy groups -OCH3 is 1. The largest absolute Gasteiger partial charge is 0.496 e. The highest BCUT2D eigenvalue weighted by Crippen LogP contribution is 2.38. The van der Waals surface area contributed by atoms with E-state index < -0.39 is 18.1 Å². The molecule has 2 heterocycles. The minimum atomic E-state index is -1.60. The van der Waals surface area contributed by atoms with Crippen molar-refractivity contribution in [1.29, 1.82) is 5.26 Å². The summed E-state index contributed by atoms with van der Waals surface area (Å²) in [7, 11) is 1.68. The molecule has 2 atom stereocenters. The van der Waals surface area contributed by atoms with E-state index in [4.69, 9.17) is 25.8 Å². The number of aliphatic hydroxyl groups excluding tert-OH is 1. The van der Waals surface area contributed by atoms with Crippen molar-refractivity contribution < 1.29 is 34.0 Å². The van der Waals surface area contributed by atoms with Crippen LogP contribution in [0.15, 0.2) is 85.2 Å². The number of aliphatic hydroxyl groups is 1. The number of carboxylic acids is 1. The second kappa shape index (κ2) is 19.2. The molecule has 13 heteroatoms. The van der Waals surface area contributed by atoms with Crippen molar-refractivity contribution in [3.63, 3.8) is 0 Å². The second-order valence-corrected chi connectivity index (χ2v) is 15.2. The quantitative estimate of drug-likeness (QED) is 0.0615. The Morgan fingerprint density at radius 3 is 2.39 bits per heavy atom. The zero-order valence-corrected chi connectivity index (χ0v) is 34.3. The summed E-state index contributed by atoms with van der Waals surface area (Å²) in [5.41, 5.74) is 8.40. The van der Waals surface area contributed by atoms with Crippen LogP contribution in [0.3, 0.4) is 0 Å². The highest BCUT2D eigenvalue weighted by atomic mass is 35.5. The first-order valence-corrected chi connectivity index (χ1v) is 19.7. The van der Waals surface area contributed by atoms with Crippen molar-refractivity contribution >= 4 is 23.5 Å². The molecule has 306 valence electrons. The molecular formula is C46H48ClN5O7. The molecule has 0 spiro atoms. The minimum absolute atomic E-state index is 0.0191. The third kappa shape index (κ3) is 10.2. The van der Waals surface area contributed by atoms with Crippen LogP contribution in [-0.2, 0) is 35.9 Å². The van der Waals surface area contributed by atoms with Crippen LogP contribution in [0, 0.1) is 25.2 Å². The average Bonchev–Trinajstić information content (AvgIpc) is 3.66. The number of benzene rings is 4. The first-order valence-electron chi connectivity index (χ1n) is 19.3. The lowest BCUT2D eigenvalue weighted by Gasteiger charge is -2.25. The molecule has 0 saturated carbocycles. The zero-order valence-electron chi connectivity index (χ0n) is 33.5. The number of nitriles is 1. The van der Waals surface area contributed by atoms with Gasteiger partial charge in [0.2, 0.25) is 5.91 Å². The van der Waals surface area contributed by atoms with Crippen molar-refractivity contribution in [3.8, 4) is 45.6 Å². The number of nitrogens with zero attached hydrogens (tertiary/aromatic N) is 2. The second-order valence-electron chi connectivity index (χ2n) is 14.8. The maximum absolute atomic E-state index is 11.9. The lowest BCUT2D eigenvalue weighted by Crippen LogP contribution is -2.52. The minimum Gasteiger partial charge on any atom is -0.496 e. The van der Waals surface area contributed by atoms with E-state index in [0.717, 1.165) is 56.7 Å². The molecule has 5 aromatic rings. The molecule has 1 unspecified atom stereocenters. The van der Waals surface area contributed by atoms with Gasteiger partial charge in [0.25, 0.3) is 0 Å². The Kier molecular flexibility index (Phi) is 13.9. The van der Waals surface area contributed by atoms with Crippen LogP contribution in [0.1, 0.15) is 58.7 Å². The van der Waals surface area contributed by atoms with E-state index in [-0.39, 0.29) is 31.7 Å². The van der Waals surface area contributed by atoms with Crippen LogP contribution in [0.25, 0.3) is 22.3 Å². The van der Waals surface area contributed by atoms with Gasteiger partial charge in [-0.1, -0.05) is 60.1 Å². The summed E-state index contributed by atoms with van der Waals surface area (Å²) in [6, 6.07) is 25.9. The molecule has 1 aliphatic rings. The summed E-state index contributed by atoms with van der Waals surface area (Å²) in [5.74, 6) is 0.422. The predicted molar refractivity (Wildman–Crippen MR) is 225 cm³/mol. The number of carboxylic acid groups (broad SMARTS) is 1. The van der Waals surface area contributed by atoms with Crippen LogP contribution in [0.5, 0.6) is 17.2 Å². The zero-order chi connectivity index (χ0) is 42.1. The molecule has 1 amide bonds.